The first kappa shape index (κ1) is 13.3. The summed E-state index contributed by atoms with van der Waals surface area (Å²) in [6.07, 6.45) is 5.28. The van der Waals surface area contributed by atoms with Gasteiger partial charge in [0.05, 0.1) is 23.9 Å². The summed E-state index contributed by atoms with van der Waals surface area (Å²) in [5.41, 5.74) is 1.72. The van der Waals surface area contributed by atoms with Crippen LogP contribution in [0.15, 0.2) is 23.1 Å². The van der Waals surface area contributed by atoms with Crippen molar-refractivity contribution >= 4 is 17.4 Å². The second-order valence-corrected chi connectivity index (χ2v) is 5.34. The minimum absolute atomic E-state index is 0.156. The molecule has 0 aromatic heterocycles. The molecule has 96 valence electrons. The van der Waals surface area contributed by atoms with Crippen LogP contribution in [0, 0.1) is 11.3 Å². The van der Waals surface area contributed by atoms with Gasteiger partial charge in [-0.15, -0.1) is 11.8 Å². The Morgan fingerprint density at radius 3 is 3.00 bits per heavy atom. The van der Waals surface area contributed by atoms with E-state index in [1.807, 2.05) is 24.5 Å². The maximum absolute atomic E-state index is 9.48. The van der Waals surface area contributed by atoms with Crippen LogP contribution in [0.25, 0.3) is 0 Å². The van der Waals surface area contributed by atoms with E-state index in [-0.39, 0.29) is 12.6 Å². The third kappa shape index (κ3) is 2.47. The molecule has 0 bridgehead atoms. The van der Waals surface area contributed by atoms with Gasteiger partial charge < -0.3 is 10.0 Å². The molecular formula is C14H18N2OS. The topological polar surface area (TPSA) is 47.3 Å². The molecule has 1 fully saturated rings. The number of nitriles is 1. The number of thioether (sulfide) groups is 1. The largest absolute Gasteiger partial charge is 0.394 e. The summed E-state index contributed by atoms with van der Waals surface area (Å²) in [6, 6.07) is 8.43. The first-order valence-electron chi connectivity index (χ1n) is 6.26. The van der Waals surface area contributed by atoms with E-state index in [1.165, 1.54) is 0 Å². The van der Waals surface area contributed by atoms with Crippen LogP contribution in [0.4, 0.5) is 5.69 Å². The fourth-order valence-electron chi connectivity index (χ4n) is 2.55. The molecule has 1 unspecified atom stereocenters. The van der Waals surface area contributed by atoms with Gasteiger partial charge >= 0.3 is 0 Å². The van der Waals surface area contributed by atoms with Crippen molar-refractivity contribution in [3.05, 3.63) is 23.8 Å². The zero-order valence-corrected chi connectivity index (χ0v) is 11.4. The second kappa shape index (κ2) is 6.12. The maximum atomic E-state index is 9.48. The van der Waals surface area contributed by atoms with Gasteiger partial charge in [-0.2, -0.15) is 5.26 Å². The summed E-state index contributed by atoms with van der Waals surface area (Å²) in [5.74, 6) is 0. The van der Waals surface area contributed by atoms with Gasteiger partial charge in [-0.05, 0) is 37.7 Å². The number of hydrogen-bond acceptors (Lipinski definition) is 4. The zero-order valence-electron chi connectivity index (χ0n) is 10.6. The third-order valence-electron chi connectivity index (χ3n) is 3.48. The molecule has 0 saturated carbocycles. The molecular weight excluding hydrogens is 244 g/mol. The fourth-order valence-corrected chi connectivity index (χ4v) is 3.12. The van der Waals surface area contributed by atoms with E-state index in [4.69, 9.17) is 0 Å². The molecule has 0 spiro atoms. The average molecular weight is 262 g/mol. The van der Waals surface area contributed by atoms with Gasteiger partial charge in [0.1, 0.15) is 6.07 Å². The first-order valence-corrected chi connectivity index (χ1v) is 7.49. The number of aliphatic hydroxyl groups excluding tert-OH is 1. The minimum atomic E-state index is 0.156. The molecule has 0 aliphatic carbocycles. The summed E-state index contributed by atoms with van der Waals surface area (Å²) in [4.78, 5) is 3.21. The number of hydrogen-bond donors (Lipinski definition) is 1. The molecule has 18 heavy (non-hydrogen) atoms. The normalized spacial score (nSPS) is 19.6. The Balaban J connectivity index is 2.40. The summed E-state index contributed by atoms with van der Waals surface area (Å²) in [7, 11) is 0. The van der Waals surface area contributed by atoms with Crippen LogP contribution in [0.2, 0.25) is 0 Å². The molecule has 1 aliphatic rings. The highest BCUT2D eigenvalue weighted by atomic mass is 32.2. The lowest BCUT2D eigenvalue weighted by Gasteiger charge is -2.37. The third-order valence-corrected chi connectivity index (χ3v) is 4.26. The lowest BCUT2D eigenvalue weighted by molar-refractivity contribution is 0.240. The van der Waals surface area contributed by atoms with Crippen molar-refractivity contribution in [2.45, 2.75) is 30.2 Å². The number of anilines is 1. The smallest absolute Gasteiger partial charge is 0.103 e. The number of nitrogens with zero attached hydrogens (tertiary/aromatic N) is 2. The van der Waals surface area contributed by atoms with Crippen molar-refractivity contribution < 1.29 is 5.11 Å². The number of rotatable bonds is 3. The van der Waals surface area contributed by atoms with Crippen LogP contribution in [-0.4, -0.2) is 30.6 Å². The van der Waals surface area contributed by atoms with Crippen molar-refractivity contribution in [3.63, 3.8) is 0 Å². The van der Waals surface area contributed by atoms with Gasteiger partial charge in [0.25, 0.3) is 0 Å². The monoisotopic (exact) mass is 262 g/mol. The first-order chi connectivity index (χ1) is 8.81. The van der Waals surface area contributed by atoms with E-state index < -0.39 is 0 Å². The Hall–Kier alpha value is -1.18. The quantitative estimate of drug-likeness (QED) is 0.851. The SMILES string of the molecule is CSc1cccc(N2CCCCC2CO)c1C#N. The van der Waals surface area contributed by atoms with E-state index in [0.717, 1.165) is 42.0 Å². The van der Waals surface area contributed by atoms with Crippen LogP contribution < -0.4 is 4.90 Å². The van der Waals surface area contributed by atoms with Crippen molar-refractivity contribution in [2.75, 3.05) is 24.3 Å². The summed E-state index contributed by atoms with van der Waals surface area (Å²) >= 11 is 1.60. The number of benzene rings is 1. The standard InChI is InChI=1S/C14H18N2OS/c1-18-14-7-4-6-13(12(14)9-15)16-8-3-2-5-11(16)10-17/h4,6-7,11,17H,2-3,5,8,10H2,1H3. The number of piperidine rings is 1. The lowest BCUT2D eigenvalue weighted by atomic mass is 10.0. The van der Waals surface area contributed by atoms with E-state index in [2.05, 4.69) is 11.0 Å². The Morgan fingerprint density at radius 2 is 2.33 bits per heavy atom. The second-order valence-electron chi connectivity index (χ2n) is 4.49. The van der Waals surface area contributed by atoms with Gasteiger partial charge in [-0.25, -0.2) is 0 Å². The molecule has 1 aromatic rings. The Labute approximate surface area is 112 Å². The van der Waals surface area contributed by atoms with Crippen molar-refractivity contribution in [1.29, 1.82) is 5.26 Å². The van der Waals surface area contributed by atoms with E-state index in [9.17, 15) is 10.4 Å². The van der Waals surface area contributed by atoms with Crippen LogP contribution >= 0.6 is 11.8 Å². The highest BCUT2D eigenvalue weighted by molar-refractivity contribution is 7.98. The van der Waals surface area contributed by atoms with Crippen LogP contribution in [-0.2, 0) is 0 Å². The molecule has 1 aliphatic heterocycles. The molecule has 1 heterocycles. The van der Waals surface area contributed by atoms with Gasteiger partial charge in [-0.1, -0.05) is 6.07 Å². The molecule has 3 nitrogen and oxygen atoms in total. The fraction of sp³-hybridized carbons (Fsp3) is 0.500. The van der Waals surface area contributed by atoms with Crippen LogP contribution in [0.3, 0.4) is 0 Å². The lowest BCUT2D eigenvalue weighted by Crippen LogP contribution is -2.42. The maximum Gasteiger partial charge on any atom is 0.103 e. The highest BCUT2D eigenvalue weighted by Crippen LogP contribution is 2.32. The van der Waals surface area contributed by atoms with Crippen molar-refractivity contribution in [1.82, 2.24) is 0 Å². The van der Waals surface area contributed by atoms with Crippen LogP contribution in [0.1, 0.15) is 24.8 Å². The summed E-state index contributed by atoms with van der Waals surface area (Å²) in [5, 5.41) is 18.9. The molecule has 1 aromatic carbocycles. The predicted octanol–water partition coefficient (Wildman–Crippen LogP) is 2.63. The molecule has 4 heteroatoms. The van der Waals surface area contributed by atoms with Gasteiger partial charge in [0, 0.05) is 11.4 Å². The average Bonchev–Trinajstić information content (AvgIpc) is 2.46. The van der Waals surface area contributed by atoms with Crippen LogP contribution in [0.5, 0.6) is 0 Å². The molecule has 2 rings (SSSR count). The van der Waals surface area contributed by atoms with Gasteiger partial charge in [0.15, 0.2) is 0 Å². The van der Waals surface area contributed by atoms with Gasteiger partial charge in [-0.3, -0.25) is 0 Å². The summed E-state index contributed by atoms with van der Waals surface area (Å²) < 4.78 is 0. The van der Waals surface area contributed by atoms with E-state index in [1.54, 1.807) is 11.8 Å². The van der Waals surface area contributed by atoms with Gasteiger partial charge in [0.2, 0.25) is 0 Å². The minimum Gasteiger partial charge on any atom is -0.394 e. The number of aliphatic hydroxyl groups is 1. The van der Waals surface area contributed by atoms with E-state index >= 15 is 0 Å². The molecule has 0 amide bonds. The molecule has 1 N–H and O–H groups in total. The van der Waals surface area contributed by atoms with Crippen molar-refractivity contribution in [3.8, 4) is 6.07 Å². The molecule has 1 saturated heterocycles. The molecule has 0 radical (unpaired) electrons. The Morgan fingerprint density at radius 1 is 1.50 bits per heavy atom. The molecule has 1 atom stereocenters. The predicted molar refractivity (Wildman–Crippen MR) is 75.0 cm³/mol. The van der Waals surface area contributed by atoms with Crippen molar-refractivity contribution in [2.24, 2.45) is 0 Å². The Bertz CT molecular complexity index is 456. The zero-order chi connectivity index (χ0) is 13.0. The van der Waals surface area contributed by atoms with E-state index in [0.29, 0.717) is 0 Å². The summed E-state index contributed by atoms with van der Waals surface area (Å²) in [6.45, 7) is 1.09. The highest BCUT2D eigenvalue weighted by Gasteiger charge is 2.24. The Kier molecular flexibility index (Phi) is 4.51.